The Kier molecular flexibility index (Phi) is 4.19. The summed E-state index contributed by atoms with van der Waals surface area (Å²) >= 11 is 0. The molecule has 0 atom stereocenters. The van der Waals surface area contributed by atoms with Crippen LogP contribution in [0.4, 0.5) is 13.2 Å². The quantitative estimate of drug-likeness (QED) is 0.868. The highest BCUT2D eigenvalue weighted by molar-refractivity contribution is 5.29. The van der Waals surface area contributed by atoms with Gasteiger partial charge in [-0.05, 0) is 37.3 Å². The van der Waals surface area contributed by atoms with Crippen LogP contribution in [0.1, 0.15) is 49.7 Å². The van der Waals surface area contributed by atoms with E-state index < -0.39 is 17.3 Å². The minimum Gasteiger partial charge on any atom is -0.390 e. The molecule has 0 radical (unpaired) electrons. The zero-order valence-corrected chi connectivity index (χ0v) is 10.8. The lowest BCUT2D eigenvalue weighted by Crippen LogP contribution is -2.32. The molecular weight excluding hydrogens is 253 g/mol. The fraction of sp³-hybridized carbons (Fsp3) is 0.600. The van der Waals surface area contributed by atoms with E-state index in [1.54, 1.807) is 6.07 Å². The van der Waals surface area contributed by atoms with Gasteiger partial charge < -0.3 is 5.11 Å². The van der Waals surface area contributed by atoms with E-state index in [4.69, 9.17) is 0 Å². The van der Waals surface area contributed by atoms with E-state index in [0.717, 1.165) is 25.3 Å². The molecule has 1 aliphatic rings. The van der Waals surface area contributed by atoms with Gasteiger partial charge in [-0.25, -0.2) is 0 Å². The van der Waals surface area contributed by atoms with E-state index in [0.29, 0.717) is 19.3 Å². The molecule has 1 saturated carbocycles. The third kappa shape index (κ3) is 3.72. The molecule has 4 heteroatoms. The number of aliphatic hydroxyl groups is 1. The Morgan fingerprint density at radius 1 is 1.05 bits per heavy atom. The highest BCUT2D eigenvalue weighted by Crippen LogP contribution is 2.35. The van der Waals surface area contributed by atoms with Crippen molar-refractivity contribution < 1.29 is 18.3 Å². The molecule has 0 unspecified atom stereocenters. The van der Waals surface area contributed by atoms with Crippen LogP contribution in [0.25, 0.3) is 0 Å². The maximum atomic E-state index is 12.8. The lowest BCUT2D eigenvalue weighted by atomic mass is 9.80. The average Bonchev–Trinajstić information content (AvgIpc) is 2.37. The van der Waals surface area contributed by atoms with Crippen LogP contribution in [0, 0.1) is 0 Å². The first-order valence-electron chi connectivity index (χ1n) is 6.78. The molecule has 0 saturated heterocycles. The SMILES string of the molecule is OC1(CCc2ccccc2C(F)(F)F)CCCCC1. The Balaban J connectivity index is 2.07. The molecule has 106 valence electrons. The Bertz CT molecular complexity index is 420. The summed E-state index contributed by atoms with van der Waals surface area (Å²) in [7, 11) is 0. The molecule has 1 aromatic rings. The van der Waals surface area contributed by atoms with Crippen molar-refractivity contribution in [3.8, 4) is 0 Å². The van der Waals surface area contributed by atoms with Crippen LogP contribution in [0.15, 0.2) is 24.3 Å². The number of alkyl halides is 3. The Morgan fingerprint density at radius 3 is 2.32 bits per heavy atom. The van der Waals surface area contributed by atoms with Crippen LogP contribution in [0.5, 0.6) is 0 Å². The van der Waals surface area contributed by atoms with Crippen LogP contribution < -0.4 is 0 Å². The third-order valence-corrected chi connectivity index (χ3v) is 3.97. The van der Waals surface area contributed by atoms with Gasteiger partial charge in [-0.3, -0.25) is 0 Å². The zero-order valence-electron chi connectivity index (χ0n) is 10.8. The number of halogens is 3. The second-order valence-electron chi connectivity index (χ2n) is 5.44. The van der Waals surface area contributed by atoms with Gasteiger partial charge >= 0.3 is 6.18 Å². The monoisotopic (exact) mass is 272 g/mol. The van der Waals surface area contributed by atoms with Crippen molar-refractivity contribution in [2.75, 3.05) is 0 Å². The van der Waals surface area contributed by atoms with Crippen molar-refractivity contribution in [3.63, 3.8) is 0 Å². The number of rotatable bonds is 3. The van der Waals surface area contributed by atoms with E-state index in [-0.39, 0.29) is 12.0 Å². The second-order valence-corrected chi connectivity index (χ2v) is 5.44. The molecule has 1 fully saturated rings. The predicted molar refractivity (Wildman–Crippen MR) is 67.8 cm³/mol. The molecule has 1 aliphatic carbocycles. The van der Waals surface area contributed by atoms with Gasteiger partial charge in [0.2, 0.25) is 0 Å². The molecule has 0 aromatic heterocycles. The Hall–Kier alpha value is -1.03. The van der Waals surface area contributed by atoms with Crippen molar-refractivity contribution in [1.29, 1.82) is 0 Å². The first kappa shape index (κ1) is 14.4. The molecule has 0 spiro atoms. The highest BCUT2D eigenvalue weighted by Gasteiger charge is 2.34. The summed E-state index contributed by atoms with van der Waals surface area (Å²) < 4.78 is 38.5. The zero-order chi connectivity index (χ0) is 13.9. The third-order valence-electron chi connectivity index (χ3n) is 3.97. The first-order valence-corrected chi connectivity index (χ1v) is 6.78. The van der Waals surface area contributed by atoms with E-state index in [9.17, 15) is 18.3 Å². The second kappa shape index (κ2) is 5.53. The van der Waals surface area contributed by atoms with E-state index in [1.165, 1.54) is 12.1 Å². The maximum Gasteiger partial charge on any atom is 0.416 e. The van der Waals surface area contributed by atoms with Crippen LogP contribution >= 0.6 is 0 Å². The van der Waals surface area contributed by atoms with E-state index in [2.05, 4.69) is 0 Å². The molecule has 1 nitrogen and oxygen atoms in total. The summed E-state index contributed by atoms with van der Waals surface area (Å²) in [5.41, 5.74) is -1.06. The summed E-state index contributed by atoms with van der Waals surface area (Å²) in [6, 6.07) is 5.65. The van der Waals surface area contributed by atoms with E-state index >= 15 is 0 Å². The highest BCUT2D eigenvalue weighted by atomic mass is 19.4. The van der Waals surface area contributed by atoms with Gasteiger partial charge in [0.1, 0.15) is 0 Å². The van der Waals surface area contributed by atoms with Crippen LogP contribution in [-0.4, -0.2) is 10.7 Å². The number of hydrogen-bond donors (Lipinski definition) is 1. The van der Waals surface area contributed by atoms with Crippen molar-refractivity contribution >= 4 is 0 Å². The van der Waals surface area contributed by atoms with Gasteiger partial charge in [0.15, 0.2) is 0 Å². The van der Waals surface area contributed by atoms with Crippen molar-refractivity contribution in [2.24, 2.45) is 0 Å². The Labute approximate surface area is 111 Å². The van der Waals surface area contributed by atoms with E-state index in [1.807, 2.05) is 0 Å². The molecule has 0 aliphatic heterocycles. The maximum absolute atomic E-state index is 12.8. The van der Waals surface area contributed by atoms with Gasteiger partial charge in [-0.1, -0.05) is 37.5 Å². The minimum absolute atomic E-state index is 0.284. The topological polar surface area (TPSA) is 20.2 Å². The Morgan fingerprint density at radius 2 is 1.68 bits per heavy atom. The van der Waals surface area contributed by atoms with Crippen LogP contribution in [-0.2, 0) is 12.6 Å². The fourth-order valence-electron chi connectivity index (χ4n) is 2.84. The summed E-state index contributed by atoms with van der Waals surface area (Å²) in [6.45, 7) is 0. The summed E-state index contributed by atoms with van der Waals surface area (Å²) in [5.74, 6) is 0. The molecule has 1 aromatic carbocycles. The van der Waals surface area contributed by atoms with Gasteiger partial charge in [-0.2, -0.15) is 13.2 Å². The van der Waals surface area contributed by atoms with Gasteiger partial charge in [0.05, 0.1) is 11.2 Å². The van der Waals surface area contributed by atoms with Gasteiger partial charge in [0.25, 0.3) is 0 Å². The molecule has 0 bridgehead atoms. The molecule has 0 amide bonds. The number of aryl methyl sites for hydroxylation is 1. The molecule has 1 N–H and O–H groups in total. The number of benzene rings is 1. The molecule has 19 heavy (non-hydrogen) atoms. The normalized spacial score (nSPS) is 19.4. The summed E-state index contributed by atoms with van der Waals surface area (Å²) in [4.78, 5) is 0. The molecule has 0 heterocycles. The smallest absolute Gasteiger partial charge is 0.390 e. The van der Waals surface area contributed by atoms with Gasteiger partial charge in [0, 0.05) is 0 Å². The minimum atomic E-state index is -4.31. The summed E-state index contributed by atoms with van der Waals surface area (Å²) in [6.07, 6.45) is 0.858. The predicted octanol–water partition coefficient (Wildman–Crippen LogP) is 4.33. The van der Waals surface area contributed by atoms with Crippen LogP contribution in [0.2, 0.25) is 0 Å². The average molecular weight is 272 g/mol. The molecule has 2 rings (SSSR count). The lowest BCUT2D eigenvalue weighted by Gasteiger charge is -2.32. The first-order chi connectivity index (χ1) is 8.91. The fourth-order valence-corrected chi connectivity index (χ4v) is 2.84. The van der Waals surface area contributed by atoms with Gasteiger partial charge in [-0.15, -0.1) is 0 Å². The van der Waals surface area contributed by atoms with Crippen molar-refractivity contribution in [1.82, 2.24) is 0 Å². The van der Waals surface area contributed by atoms with Crippen LogP contribution in [0.3, 0.4) is 0 Å². The number of hydrogen-bond acceptors (Lipinski definition) is 1. The lowest BCUT2D eigenvalue weighted by molar-refractivity contribution is -0.138. The standard InChI is InChI=1S/C15H19F3O/c16-15(17,18)13-7-3-2-6-12(13)8-11-14(19)9-4-1-5-10-14/h2-3,6-7,19H,1,4-5,8-11H2. The largest absolute Gasteiger partial charge is 0.416 e. The van der Waals surface area contributed by atoms with Crippen molar-refractivity contribution in [3.05, 3.63) is 35.4 Å². The van der Waals surface area contributed by atoms with Crippen molar-refractivity contribution in [2.45, 2.75) is 56.7 Å². The molecular formula is C15H19F3O. The summed E-state index contributed by atoms with van der Waals surface area (Å²) in [5, 5.41) is 10.3.